The Balaban J connectivity index is 1.61. The highest BCUT2D eigenvalue weighted by Crippen LogP contribution is 2.42. The van der Waals surface area contributed by atoms with Crippen molar-refractivity contribution >= 4 is 62.5 Å². The summed E-state index contributed by atoms with van der Waals surface area (Å²) >= 11 is 1.81. The Hall–Kier alpha value is -3.38. The zero-order chi connectivity index (χ0) is 27.3. The molecule has 5 aromatic carbocycles. The van der Waals surface area contributed by atoms with Crippen LogP contribution in [0.3, 0.4) is 0 Å². The number of hydrogen-bond acceptors (Lipinski definition) is 1. The molecule has 0 saturated carbocycles. The lowest BCUT2D eigenvalue weighted by Gasteiger charge is -2.38. The molecule has 0 aliphatic rings. The van der Waals surface area contributed by atoms with Gasteiger partial charge in [0, 0.05) is 16.0 Å². The minimum Gasteiger partial charge on any atom is -0.144 e. The predicted octanol–water partition coefficient (Wildman–Crippen LogP) is 11.6. The molecule has 0 unspecified atom stereocenters. The van der Waals surface area contributed by atoms with Gasteiger partial charge in [-0.15, -0.1) is 16.9 Å². The molecule has 1 aromatic heterocycles. The summed E-state index contributed by atoms with van der Waals surface area (Å²) in [5, 5.41) is 12.5. The fraction of sp³-hybridized carbons (Fsp3) is 0.243. The molecular formula is C37H36SSi. The summed E-state index contributed by atoms with van der Waals surface area (Å²) in [5.41, 5.74) is 8.28. The van der Waals surface area contributed by atoms with Gasteiger partial charge in [-0.2, -0.15) is 0 Å². The average molecular weight is 541 g/mol. The van der Waals surface area contributed by atoms with Crippen molar-refractivity contribution in [2.45, 2.75) is 58.2 Å². The smallest absolute Gasteiger partial charge is 0.144 e. The fourth-order valence-corrected chi connectivity index (χ4v) is 12.9. The van der Waals surface area contributed by atoms with Gasteiger partial charge < -0.3 is 0 Å². The number of thiophene rings is 1. The molecule has 1 heterocycles. The third-order valence-electron chi connectivity index (χ3n) is 8.84. The molecule has 6 rings (SSSR count). The van der Waals surface area contributed by atoms with Gasteiger partial charge in [0.25, 0.3) is 0 Å². The summed E-state index contributed by atoms with van der Waals surface area (Å²) in [7, 11) is -1.84. The van der Waals surface area contributed by atoms with Crippen molar-refractivity contribution in [3.63, 3.8) is 0 Å². The average Bonchev–Trinajstić information content (AvgIpc) is 3.43. The second-order valence-electron chi connectivity index (χ2n) is 11.9. The number of rotatable bonds is 4. The molecule has 0 atom stereocenters. The van der Waals surface area contributed by atoms with Gasteiger partial charge in [-0.25, -0.2) is 0 Å². The molecule has 0 bridgehead atoms. The molecule has 2 heteroatoms. The standard InChI is InChI=1S/C37H36SSi/c1-24(2)39(25(3)4,26(5)6)17-15-27-13-14-30-20-33-21-31-18-28-10-7-8-11-29(28)19-32(31)22-34(33)23-35(30)37(27)36-12-9-16-38-36/h7-14,16,18-26H,1-6H3. The Morgan fingerprint density at radius 1 is 0.564 bits per heavy atom. The van der Waals surface area contributed by atoms with Crippen LogP contribution in [0.1, 0.15) is 47.1 Å². The first kappa shape index (κ1) is 25.9. The normalized spacial score (nSPS) is 12.3. The summed E-state index contributed by atoms with van der Waals surface area (Å²) in [6.07, 6.45) is 0. The fourth-order valence-electron chi connectivity index (χ4n) is 6.92. The molecule has 0 nitrogen and oxygen atoms in total. The van der Waals surface area contributed by atoms with Crippen molar-refractivity contribution in [1.82, 2.24) is 0 Å². The van der Waals surface area contributed by atoms with E-state index in [2.05, 4.69) is 143 Å². The third-order valence-corrected chi connectivity index (χ3v) is 16.0. The van der Waals surface area contributed by atoms with Crippen LogP contribution in [0.25, 0.3) is 53.5 Å². The minimum atomic E-state index is -1.84. The molecule has 0 spiro atoms. The molecule has 0 aliphatic heterocycles. The van der Waals surface area contributed by atoms with E-state index in [1.165, 1.54) is 53.5 Å². The van der Waals surface area contributed by atoms with Crippen molar-refractivity contribution in [2.75, 3.05) is 0 Å². The van der Waals surface area contributed by atoms with E-state index in [9.17, 15) is 0 Å². The van der Waals surface area contributed by atoms with Crippen LogP contribution >= 0.6 is 11.3 Å². The lowest BCUT2D eigenvalue weighted by molar-refractivity contribution is 0.838. The van der Waals surface area contributed by atoms with Crippen LogP contribution < -0.4 is 0 Å². The SMILES string of the molecule is CC(C)[Si](C#Cc1ccc2cc3cc4cc5ccccc5cc4cc3cc2c1-c1cccs1)(C(C)C)C(C)C. The number of hydrogen-bond donors (Lipinski definition) is 0. The largest absolute Gasteiger partial charge is 0.146 e. The van der Waals surface area contributed by atoms with E-state index in [1.54, 1.807) is 0 Å². The Morgan fingerprint density at radius 2 is 1.10 bits per heavy atom. The maximum atomic E-state index is 3.99. The summed E-state index contributed by atoms with van der Waals surface area (Å²) in [6, 6.07) is 31.7. The van der Waals surface area contributed by atoms with E-state index < -0.39 is 8.07 Å². The first-order valence-electron chi connectivity index (χ1n) is 14.2. The van der Waals surface area contributed by atoms with E-state index in [0.29, 0.717) is 16.6 Å². The first-order chi connectivity index (χ1) is 18.8. The zero-order valence-electron chi connectivity index (χ0n) is 23.8. The van der Waals surface area contributed by atoms with Gasteiger partial charge in [0.05, 0.1) is 0 Å². The van der Waals surface area contributed by atoms with E-state index in [1.807, 2.05) is 11.3 Å². The molecule has 0 amide bonds. The lowest BCUT2D eigenvalue weighted by atomic mass is 9.93. The second kappa shape index (κ2) is 9.98. The van der Waals surface area contributed by atoms with E-state index in [-0.39, 0.29) is 0 Å². The maximum Gasteiger partial charge on any atom is 0.146 e. The van der Waals surface area contributed by atoms with Gasteiger partial charge in [0.15, 0.2) is 0 Å². The molecular weight excluding hydrogens is 505 g/mol. The van der Waals surface area contributed by atoms with Gasteiger partial charge in [0.1, 0.15) is 8.07 Å². The van der Waals surface area contributed by atoms with Crippen molar-refractivity contribution in [3.05, 3.63) is 95.9 Å². The number of benzene rings is 5. The quantitative estimate of drug-likeness (QED) is 0.118. The Bertz CT molecular complexity index is 1870. The van der Waals surface area contributed by atoms with Crippen molar-refractivity contribution < 1.29 is 0 Å². The summed E-state index contributed by atoms with van der Waals surface area (Å²) in [5.74, 6) is 3.79. The van der Waals surface area contributed by atoms with Crippen LogP contribution in [0, 0.1) is 11.5 Å². The van der Waals surface area contributed by atoms with E-state index >= 15 is 0 Å². The van der Waals surface area contributed by atoms with Gasteiger partial charge in [-0.05, 0) is 114 Å². The molecule has 0 N–H and O–H groups in total. The van der Waals surface area contributed by atoms with Crippen molar-refractivity contribution in [2.24, 2.45) is 0 Å². The van der Waals surface area contributed by atoms with Gasteiger partial charge in [0.2, 0.25) is 0 Å². The monoisotopic (exact) mass is 540 g/mol. The third kappa shape index (κ3) is 4.39. The summed E-state index contributed by atoms with van der Waals surface area (Å²) in [4.78, 5) is 1.29. The Labute approximate surface area is 237 Å². The molecule has 0 fully saturated rings. The van der Waals surface area contributed by atoms with Gasteiger partial charge in [-0.3, -0.25) is 0 Å². The van der Waals surface area contributed by atoms with Crippen molar-refractivity contribution in [3.8, 4) is 21.9 Å². The first-order valence-corrected chi connectivity index (χ1v) is 17.3. The minimum absolute atomic E-state index is 0.615. The van der Waals surface area contributed by atoms with Crippen LogP contribution in [0.2, 0.25) is 16.6 Å². The van der Waals surface area contributed by atoms with Crippen LogP contribution in [0.5, 0.6) is 0 Å². The topological polar surface area (TPSA) is 0 Å². The highest BCUT2D eigenvalue weighted by atomic mass is 32.1. The second-order valence-corrected chi connectivity index (χ2v) is 18.5. The summed E-state index contributed by atoms with van der Waals surface area (Å²) < 4.78 is 0. The lowest BCUT2D eigenvalue weighted by Crippen LogP contribution is -2.43. The molecule has 6 aromatic rings. The Morgan fingerprint density at radius 3 is 1.64 bits per heavy atom. The predicted molar refractivity (Wildman–Crippen MR) is 178 cm³/mol. The van der Waals surface area contributed by atoms with E-state index in [4.69, 9.17) is 0 Å². The van der Waals surface area contributed by atoms with Crippen LogP contribution in [0.15, 0.2) is 90.3 Å². The highest BCUT2D eigenvalue weighted by molar-refractivity contribution is 7.13. The van der Waals surface area contributed by atoms with Gasteiger partial charge in [-0.1, -0.05) is 83.9 Å². The van der Waals surface area contributed by atoms with Gasteiger partial charge >= 0.3 is 0 Å². The molecule has 39 heavy (non-hydrogen) atoms. The Kier molecular flexibility index (Phi) is 6.62. The maximum absolute atomic E-state index is 3.99. The van der Waals surface area contributed by atoms with Crippen molar-refractivity contribution in [1.29, 1.82) is 0 Å². The molecule has 0 aliphatic carbocycles. The van der Waals surface area contributed by atoms with E-state index in [0.717, 1.165) is 5.56 Å². The molecule has 194 valence electrons. The van der Waals surface area contributed by atoms with Crippen LogP contribution in [0.4, 0.5) is 0 Å². The van der Waals surface area contributed by atoms with Crippen LogP contribution in [-0.4, -0.2) is 8.07 Å². The molecule has 0 radical (unpaired) electrons. The molecule has 0 saturated heterocycles. The highest BCUT2D eigenvalue weighted by Gasteiger charge is 2.41. The zero-order valence-corrected chi connectivity index (χ0v) is 25.6. The summed E-state index contributed by atoms with van der Waals surface area (Å²) in [6.45, 7) is 14.3. The van der Waals surface area contributed by atoms with Crippen LogP contribution in [-0.2, 0) is 0 Å². The number of fused-ring (bicyclic) bond motifs is 4.